The lowest BCUT2D eigenvalue weighted by molar-refractivity contribution is -0.142. The predicted molar refractivity (Wildman–Crippen MR) is 133 cm³/mol. The number of esters is 2. The van der Waals surface area contributed by atoms with Gasteiger partial charge in [-0.2, -0.15) is 21.6 Å². The van der Waals surface area contributed by atoms with Crippen LogP contribution in [-0.4, -0.2) is 42.0 Å². The second-order valence-electron chi connectivity index (χ2n) is 9.55. The van der Waals surface area contributed by atoms with Crippen LogP contribution >= 0.6 is 0 Å². The molecule has 40 heavy (non-hydrogen) atoms. The standard InChI is InChI=1S/C25H24F4N2O8S/c1-6-37-22(33)18-20(38-23(34)24(2,3)4)19-16(31(5)21(18)32)10-13(12-30-19)9-14-7-8-15(26)11-17(14)39-40(35,36)25(27,28)29/h7-8,10-12H,6,9H2,1-5H3. The van der Waals surface area contributed by atoms with E-state index >= 15 is 0 Å². The lowest BCUT2D eigenvalue weighted by Crippen LogP contribution is -2.31. The number of fused-ring (bicyclic) bond motifs is 1. The smallest absolute Gasteiger partial charge is 0.462 e. The van der Waals surface area contributed by atoms with E-state index < -0.39 is 61.4 Å². The Morgan fingerprint density at radius 3 is 2.33 bits per heavy atom. The van der Waals surface area contributed by atoms with E-state index in [2.05, 4.69) is 9.17 Å². The van der Waals surface area contributed by atoms with Gasteiger partial charge in [-0.1, -0.05) is 6.07 Å². The van der Waals surface area contributed by atoms with Crippen molar-refractivity contribution >= 4 is 33.1 Å². The third kappa shape index (κ3) is 6.24. The molecule has 0 N–H and O–H groups in total. The Labute approximate surface area is 225 Å². The molecule has 3 rings (SSSR count). The van der Waals surface area contributed by atoms with Crippen molar-refractivity contribution in [2.45, 2.75) is 39.6 Å². The molecule has 10 nitrogen and oxygen atoms in total. The summed E-state index contributed by atoms with van der Waals surface area (Å²) in [4.78, 5) is 42.7. The second kappa shape index (κ2) is 10.9. The molecule has 0 saturated heterocycles. The predicted octanol–water partition coefficient (Wildman–Crippen LogP) is 4.02. The van der Waals surface area contributed by atoms with Crippen LogP contribution in [0.4, 0.5) is 17.6 Å². The summed E-state index contributed by atoms with van der Waals surface area (Å²) in [6.07, 6.45) is 0.887. The summed E-state index contributed by atoms with van der Waals surface area (Å²) in [6, 6.07) is 3.76. The van der Waals surface area contributed by atoms with Gasteiger partial charge in [0, 0.05) is 31.3 Å². The van der Waals surface area contributed by atoms with Gasteiger partial charge in [0.1, 0.15) is 17.1 Å². The van der Waals surface area contributed by atoms with E-state index in [9.17, 15) is 40.4 Å². The van der Waals surface area contributed by atoms with Crippen molar-refractivity contribution in [1.29, 1.82) is 0 Å². The maximum Gasteiger partial charge on any atom is 0.534 e. The zero-order valence-electron chi connectivity index (χ0n) is 21.9. The van der Waals surface area contributed by atoms with Crippen molar-refractivity contribution < 1.29 is 49.2 Å². The number of hydrogen-bond acceptors (Lipinski definition) is 9. The maximum atomic E-state index is 13.8. The number of aryl methyl sites for hydroxylation is 1. The summed E-state index contributed by atoms with van der Waals surface area (Å²) < 4.78 is 91.0. The van der Waals surface area contributed by atoms with E-state index in [1.54, 1.807) is 20.8 Å². The Hall–Kier alpha value is -4.01. The van der Waals surface area contributed by atoms with Crippen molar-refractivity contribution in [3.05, 3.63) is 63.3 Å². The molecule has 0 aliphatic carbocycles. The van der Waals surface area contributed by atoms with E-state index in [0.717, 1.165) is 16.7 Å². The van der Waals surface area contributed by atoms with Crippen LogP contribution in [0, 0.1) is 11.2 Å². The highest BCUT2D eigenvalue weighted by Gasteiger charge is 2.48. The molecule has 0 saturated carbocycles. The molecule has 0 spiro atoms. The minimum absolute atomic E-state index is 0.0553. The number of benzene rings is 1. The van der Waals surface area contributed by atoms with E-state index in [1.165, 1.54) is 26.2 Å². The van der Waals surface area contributed by atoms with Crippen LogP contribution in [0.15, 0.2) is 35.3 Å². The van der Waals surface area contributed by atoms with Crippen LogP contribution in [-0.2, 0) is 33.1 Å². The first kappa shape index (κ1) is 30.5. The normalized spacial score (nSPS) is 12.3. The molecule has 0 aliphatic heterocycles. The van der Waals surface area contributed by atoms with E-state index in [0.29, 0.717) is 6.07 Å². The monoisotopic (exact) mass is 588 g/mol. The van der Waals surface area contributed by atoms with Gasteiger partial charge in [-0.05, 0) is 45.4 Å². The Morgan fingerprint density at radius 2 is 1.75 bits per heavy atom. The van der Waals surface area contributed by atoms with Gasteiger partial charge in [-0.3, -0.25) is 14.6 Å². The van der Waals surface area contributed by atoms with Gasteiger partial charge in [-0.15, -0.1) is 0 Å². The lowest BCUT2D eigenvalue weighted by Gasteiger charge is -2.19. The van der Waals surface area contributed by atoms with Crippen molar-refractivity contribution in [3.8, 4) is 11.5 Å². The van der Waals surface area contributed by atoms with Gasteiger partial charge in [-0.25, -0.2) is 9.18 Å². The molecule has 0 fully saturated rings. The molecular formula is C25H24F4N2O8S. The van der Waals surface area contributed by atoms with E-state index in [1.807, 2.05) is 0 Å². The first-order chi connectivity index (χ1) is 18.4. The quantitative estimate of drug-likeness (QED) is 0.174. The number of carbonyl (C=O) groups is 2. The molecule has 1 aromatic carbocycles. The molecule has 0 atom stereocenters. The number of pyridine rings is 2. The molecule has 15 heteroatoms. The molecule has 3 aromatic rings. The lowest BCUT2D eigenvalue weighted by atomic mass is 9.97. The molecule has 216 valence electrons. The number of alkyl halides is 3. The summed E-state index contributed by atoms with van der Waals surface area (Å²) >= 11 is 0. The highest BCUT2D eigenvalue weighted by atomic mass is 32.2. The fourth-order valence-corrected chi connectivity index (χ4v) is 3.87. The number of carbonyl (C=O) groups excluding carboxylic acids is 2. The summed E-state index contributed by atoms with van der Waals surface area (Å²) in [6.45, 7) is 6.09. The molecular weight excluding hydrogens is 564 g/mol. The fourth-order valence-electron chi connectivity index (χ4n) is 3.38. The van der Waals surface area contributed by atoms with Gasteiger partial charge < -0.3 is 18.2 Å². The van der Waals surface area contributed by atoms with Crippen LogP contribution in [0.2, 0.25) is 0 Å². The highest BCUT2D eigenvalue weighted by molar-refractivity contribution is 7.88. The first-order valence-corrected chi connectivity index (χ1v) is 13.0. The summed E-state index contributed by atoms with van der Waals surface area (Å²) in [5.74, 6) is -4.22. The van der Waals surface area contributed by atoms with E-state index in [4.69, 9.17) is 9.47 Å². The topological polar surface area (TPSA) is 131 Å². The van der Waals surface area contributed by atoms with Crippen molar-refractivity contribution in [3.63, 3.8) is 0 Å². The molecule has 0 unspecified atom stereocenters. The molecule has 0 radical (unpaired) electrons. The minimum Gasteiger partial charge on any atom is -0.462 e. The third-order valence-corrected chi connectivity index (χ3v) is 6.41. The molecule has 0 bridgehead atoms. The SMILES string of the molecule is CCOC(=O)c1c(OC(=O)C(C)(C)C)c2ncc(Cc3ccc(F)cc3OS(=O)(=O)C(F)(F)F)cc2n(C)c1=O. The maximum absolute atomic E-state index is 13.8. The van der Waals surface area contributed by atoms with Gasteiger partial charge in [0.25, 0.3) is 5.56 Å². The Kier molecular flexibility index (Phi) is 8.29. The number of hydrogen-bond donors (Lipinski definition) is 0. The summed E-state index contributed by atoms with van der Waals surface area (Å²) in [5, 5.41) is 0. The fraction of sp³-hybridized carbons (Fsp3) is 0.360. The zero-order chi connectivity index (χ0) is 30.2. The van der Waals surface area contributed by atoms with E-state index in [-0.39, 0.29) is 35.2 Å². The Balaban J connectivity index is 2.18. The third-order valence-electron chi connectivity index (χ3n) is 5.44. The molecule has 0 amide bonds. The van der Waals surface area contributed by atoms with Gasteiger partial charge in [0.2, 0.25) is 0 Å². The zero-order valence-corrected chi connectivity index (χ0v) is 22.7. The van der Waals surface area contributed by atoms with Crippen molar-refractivity contribution in [1.82, 2.24) is 9.55 Å². The number of halogens is 4. The highest BCUT2D eigenvalue weighted by Crippen LogP contribution is 2.33. The second-order valence-corrected chi connectivity index (χ2v) is 11.1. The van der Waals surface area contributed by atoms with Crippen molar-refractivity contribution in [2.24, 2.45) is 12.5 Å². The van der Waals surface area contributed by atoms with Crippen LogP contribution in [0.3, 0.4) is 0 Å². The van der Waals surface area contributed by atoms with Crippen molar-refractivity contribution in [2.75, 3.05) is 6.61 Å². The Morgan fingerprint density at radius 1 is 1.10 bits per heavy atom. The van der Waals surface area contributed by atoms with Crippen LogP contribution in [0.25, 0.3) is 11.0 Å². The number of ether oxygens (including phenoxy) is 2. The van der Waals surface area contributed by atoms with Gasteiger partial charge in [0.05, 0.1) is 17.5 Å². The van der Waals surface area contributed by atoms with Gasteiger partial charge in [0.15, 0.2) is 11.3 Å². The average molecular weight is 589 g/mol. The average Bonchev–Trinajstić information content (AvgIpc) is 2.82. The number of aromatic nitrogens is 2. The molecule has 2 aromatic heterocycles. The van der Waals surface area contributed by atoms with Gasteiger partial charge >= 0.3 is 27.6 Å². The Bertz CT molecular complexity index is 1660. The number of nitrogens with zero attached hydrogens (tertiary/aromatic N) is 2. The summed E-state index contributed by atoms with van der Waals surface area (Å²) in [7, 11) is -4.79. The van der Waals surface area contributed by atoms with Crippen LogP contribution < -0.4 is 14.5 Å². The molecule has 0 aliphatic rings. The first-order valence-electron chi connectivity index (χ1n) is 11.6. The minimum atomic E-state index is -6.10. The van der Waals surface area contributed by atoms with Crippen LogP contribution in [0.5, 0.6) is 11.5 Å². The summed E-state index contributed by atoms with van der Waals surface area (Å²) in [5.41, 5.74) is -8.19. The molecule has 2 heterocycles. The largest absolute Gasteiger partial charge is 0.534 e. The number of rotatable bonds is 7. The van der Waals surface area contributed by atoms with Crippen LogP contribution in [0.1, 0.15) is 49.2 Å².